The molecule has 0 amide bonds. The summed E-state index contributed by atoms with van der Waals surface area (Å²) in [5.41, 5.74) is 0. The van der Waals surface area contributed by atoms with Crippen LogP contribution in [-0.2, 0) is 4.79 Å². The molecule has 4 heteroatoms. The highest BCUT2D eigenvalue weighted by Crippen LogP contribution is 2.42. The minimum Gasteiger partial charge on any atom is -0.302 e. The van der Waals surface area contributed by atoms with E-state index < -0.39 is 5.92 Å². The van der Waals surface area contributed by atoms with Crippen molar-refractivity contribution in [1.29, 1.82) is 0 Å². The van der Waals surface area contributed by atoms with Crippen LogP contribution in [0.15, 0.2) is 0 Å². The molecule has 2 aliphatic rings. The summed E-state index contributed by atoms with van der Waals surface area (Å²) in [5.74, 6) is -1.95. The Labute approximate surface area is 82.3 Å². The Balaban J connectivity index is 1.69. The lowest BCUT2D eigenvalue weighted by Gasteiger charge is -2.39. The summed E-state index contributed by atoms with van der Waals surface area (Å²) in [6.07, 6.45) is 1.28. The highest BCUT2D eigenvalue weighted by molar-refractivity contribution is 5.79. The van der Waals surface area contributed by atoms with Gasteiger partial charge in [0.25, 0.3) is 0 Å². The minimum absolute atomic E-state index is 0.0391. The fourth-order valence-corrected chi connectivity index (χ4v) is 2.26. The van der Waals surface area contributed by atoms with Gasteiger partial charge < -0.3 is 4.90 Å². The van der Waals surface area contributed by atoms with E-state index in [0.717, 1.165) is 19.6 Å². The van der Waals surface area contributed by atoms with Crippen molar-refractivity contribution >= 4 is 5.78 Å². The molecule has 1 saturated carbocycles. The number of carbonyl (C=O) groups excluding carboxylic acids is 1. The summed E-state index contributed by atoms with van der Waals surface area (Å²) < 4.78 is 25.1. The molecule has 2 nitrogen and oxygen atoms in total. The quantitative estimate of drug-likeness (QED) is 0.680. The molecule has 1 aliphatic heterocycles. The maximum absolute atomic E-state index is 12.5. The molecule has 0 radical (unpaired) electrons. The largest absolute Gasteiger partial charge is 0.302 e. The van der Waals surface area contributed by atoms with Gasteiger partial charge in [-0.3, -0.25) is 4.79 Å². The summed E-state index contributed by atoms with van der Waals surface area (Å²) in [4.78, 5) is 13.1. The number of hydrogen-bond donors (Lipinski definition) is 0. The zero-order chi connectivity index (χ0) is 10.2. The van der Waals surface area contributed by atoms with Crippen LogP contribution in [0.2, 0.25) is 0 Å². The van der Waals surface area contributed by atoms with Gasteiger partial charge in [0.2, 0.25) is 5.92 Å². The van der Waals surface area contributed by atoms with Crippen molar-refractivity contribution < 1.29 is 13.6 Å². The van der Waals surface area contributed by atoms with Crippen LogP contribution in [-0.4, -0.2) is 36.2 Å². The summed E-state index contributed by atoms with van der Waals surface area (Å²) in [7, 11) is 0. The van der Waals surface area contributed by atoms with Gasteiger partial charge in [-0.2, -0.15) is 0 Å². The number of halogens is 2. The van der Waals surface area contributed by atoms with Gasteiger partial charge >= 0.3 is 0 Å². The Morgan fingerprint density at radius 1 is 1.29 bits per heavy atom. The van der Waals surface area contributed by atoms with Gasteiger partial charge in [-0.05, 0) is 5.92 Å². The maximum Gasteiger partial charge on any atom is 0.248 e. The third kappa shape index (κ3) is 2.29. The van der Waals surface area contributed by atoms with Crippen molar-refractivity contribution in [1.82, 2.24) is 4.90 Å². The average Bonchev–Trinajstić information content (AvgIpc) is 2.06. The zero-order valence-electron chi connectivity index (χ0n) is 8.14. The molecule has 0 N–H and O–H groups in total. The summed E-state index contributed by atoms with van der Waals surface area (Å²) in [6.45, 7) is 2.28. The fraction of sp³-hybridized carbons (Fsp3) is 0.900. The molecule has 0 unspecified atom stereocenters. The number of hydrogen-bond acceptors (Lipinski definition) is 2. The van der Waals surface area contributed by atoms with E-state index in [1.54, 1.807) is 0 Å². The normalized spacial score (nSPS) is 28.9. The van der Waals surface area contributed by atoms with Gasteiger partial charge in [0.05, 0.1) is 0 Å². The number of rotatable bonds is 2. The van der Waals surface area contributed by atoms with Crippen LogP contribution >= 0.6 is 0 Å². The van der Waals surface area contributed by atoms with Crippen LogP contribution in [0.25, 0.3) is 0 Å². The van der Waals surface area contributed by atoms with Crippen LogP contribution in [0, 0.1) is 5.92 Å². The van der Waals surface area contributed by atoms with E-state index in [2.05, 4.69) is 4.90 Å². The van der Waals surface area contributed by atoms with E-state index in [9.17, 15) is 13.6 Å². The van der Waals surface area contributed by atoms with Gasteiger partial charge in [0.1, 0.15) is 5.78 Å². The van der Waals surface area contributed by atoms with Crippen molar-refractivity contribution in [2.24, 2.45) is 5.92 Å². The summed E-state index contributed by atoms with van der Waals surface area (Å²) >= 11 is 0. The number of nitrogens with zero attached hydrogens (tertiary/aromatic N) is 1. The molecule has 0 spiro atoms. The van der Waals surface area contributed by atoms with Gasteiger partial charge in [0.15, 0.2) is 0 Å². The lowest BCUT2D eigenvalue weighted by Crippen LogP contribution is -2.45. The van der Waals surface area contributed by atoms with Gasteiger partial charge in [-0.25, -0.2) is 8.78 Å². The molecule has 0 aromatic heterocycles. The molecule has 1 aliphatic carbocycles. The molecule has 1 saturated heterocycles. The molecule has 2 rings (SSSR count). The van der Waals surface area contributed by atoms with E-state index in [-0.39, 0.29) is 18.8 Å². The van der Waals surface area contributed by atoms with Gasteiger partial charge in [-0.1, -0.05) is 0 Å². The molecule has 0 bridgehead atoms. The number of piperidine rings is 1. The number of carbonyl (C=O) groups is 1. The van der Waals surface area contributed by atoms with Crippen LogP contribution in [0.4, 0.5) is 8.78 Å². The van der Waals surface area contributed by atoms with Crippen LogP contribution < -0.4 is 0 Å². The molecule has 0 atom stereocenters. The first kappa shape index (κ1) is 10.0. The zero-order valence-corrected chi connectivity index (χ0v) is 8.14. The number of Topliss-reactive ketones (excluding diaryl/α,β-unsaturated/α-hetero) is 1. The van der Waals surface area contributed by atoms with E-state index in [1.165, 1.54) is 0 Å². The van der Waals surface area contributed by atoms with Crippen molar-refractivity contribution in [3.63, 3.8) is 0 Å². The second kappa shape index (κ2) is 3.57. The van der Waals surface area contributed by atoms with E-state index in [4.69, 9.17) is 0 Å². The SMILES string of the molecule is O=C1CCN(CC2CC(F)(F)C2)CC1. The fourth-order valence-electron chi connectivity index (χ4n) is 2.26. The highest BCUT2D eigenvalue weighted by atomic mass is 19.3. The average molecular weight is 203 g/mol. The van der Waals surface area contributed by atoms with Crippen LogP contribution in [0.3, 0.4) is 0 Å². The van der Waals surface area contributed by atoms with E-state index in [0.29, 0.717) is 18.6 Å². The number of likely N-dealkylation sites (tertiary alicyclic amines) is 1. The monoisotopic (exact) mass is 203 g/mol. The third-order valence-corrected chi connectivity index (χ3v) is 3.10. The Morgan fingerprint density at radius 2 is 1.86 bits per heavy atom. The molecule has 14 heavy (non-hydrogen) atoms. The molecule has 80 valence electrons. The minimum atomic E-state index is -2.41. The summed E-state index contributed by atoms with van der Waals surface area (Å²) in [5, 5.41) is 0. The first-order valence-electron chi connectivity index (χ1n) is 5.17. The van der Waals surface area contributed by atoms with E-state index >= 15 is 0 Å². The first-order valence-corrected chi connectivity index (χ1v) is 5.17. The van der Waals surface area contributed by atoms with Crippen LogP contribution in [0.5, 0.6) is 0 Å². The molecule has 1 heterocycles. The molecule has 2 fully saturated rings. The Kier molecular flexibility index (Phi) is 2.56. The van der Waals surface area contributed by atoms with Crippen molar-refractivity contribution in [2.75, 3.05) is 19.6 Å². The Bertz CT molecular complexity index is 224. The van der Waals surface area contributed by atoms with Crippen molar-refractivity contribution in [3.05, 3.63) is 0 Å². The predicted molar refractivity (Wildman–Crippen MR) is 48.4 cm³/mol. The maximum atomic E-state index is 12.5. The Hall–Kier alpha value is -0.510. The highest BCUT2D eigenvalue weighted by Gasteiger charge is 2.45. The topological polar surface area (TPSA) is 20.3 Å². The van der Waals surface area contributed by atoms with E-state index in [1.807, 2.05) is 0 Å². The standard InChI is InChI=1S/C10H15F2NO/c11-10(12)5-8(6-10)7-13-3-1-9(14)2-4-13/h8H,1-7H2. The lowest BCUT2D eigenvalue weighted by molar-refractivity contribution is -0.126. The number of ketones is 1. The van der Waals surface area contributed by atoms with Crippen molar-refractivity contribution in [3.8, 4) is 0 Å². The van der Waals surface area contributed by atoms with Crippen molar-refractivity contribution in [2.45, 2.75) is 31.6 Å². The Morgan fingerprint density at radius 3 is 2.36 bits per heavy atom. The molecular formula is C10H15F2NO. The smallest absolute Gasteiger partial charge is 0.248 e. The van der Waals surface area contributed by atoms with Gasteiger partial charge in [-0.15, -0.1) is 0 Å². The van der Waals surface area contributed by atoms with Crippen LogP contribution in [0.1, 0.15) is 25.7 Å². The molecule has 0 aromatic rings. The molecular weight excluding hydrogens is 188 g/mol. The lowest BCUT2D eigenvalue weighted by atomic mass is 9.81. The second-order valence-electron chi connectivity index (χ2n) is 4.47. The summed E-state index contributed by atoms with van der Waals surface area (Å²) in [6, 6.07) is 0. The predicted octanol–water partition coefficient (Wildman–Crippen LogP) is 1.70. The second-order valence-corrected chi connectivity index (χ2v) is 4.47. The number of alkyl halides is 2. The third-order valence-electron chi connectivity index (χ3n) is 3.10. The van der Waals surface area contributed by atoms with Gasteiger partial charge in [0, 0.05) is 45.3 Å². The molecule has 0 aromatic carbocycles. The first-order chi connectivity index (χ1) is 6.55.